The van der Waals surface area contributed by atoms with Crippen LogP contribution in [0.1, 0.15) is 13.3 Å². The molecular weight excluding hydrogens is 298 g/mol. The number of para-hydroxylation sites is 1. The van der Waals surface area contributed by atoms with Crippen molar-refractivity contribution in [1.29, 1.82) is 0 Å². The molecule has 1 aromatic carbocycles. The number of hydrogen-bond donors (Lipinski definition) is 2. The minimum absolute atomic E-state index is 0.152. The fourth-order valence-corrected chi connectivity index (χ4v) is 3.03. The molecule has 118 valence electrons. The van der Waals surface area contributed by atoms with E-state index in [9.17, 15) is 18.5 Å². The van der Waals surface area contributed by atoms with E-state index in [2.05, 4.69) is 10.0 Å². The van der Waals surface area contributed by atoms with Crippen molar-refractivity contribution in [2.75, 3.05) is 32.1 Å². The Kier molecular flexibility index (Phi) is 6.53. The van der Waals surface area contributed by atoms with Gasteiger partial charge in [-0.25, -0.2) is 13.1 Å². The van der Waals surface area contributed by atoms with Crippen molar-refractivity contribution in [2.45, 2.75) is 18.2 Å². The number of anilines is 1. The van der Waals surface area contributed by atoms with Gasteiger partial charge in [0.05, 0.1) is 4.92 Å². The van der Waals surface area contributed by atoms with E-state index in [1.807, 2.05) is 0 Å². The van der Waals surface area contributed by atoms with Gasteiger partial charge in [-0.15, -0.1) is 0 Å². The van der Waals surface area contributed by atoms with E-state index in [0.29, 0.717) is 19.6 Å². The molecule has 0 aliphatic carbocycles. The van der Waals surface area contributed by atoms with Gasteiger partial charge < -0.3 is 10.1 Å². The van der Waals surface area contributed by atoms with Gasteiger partial charge in [-0.05, 0) is 25.5 Å². The minimum Gasteiger partial charge on any atom is -0.385 e. The van der Waals surface area contributed by atoms with Crippen LogP contribution in [0.5, 0.6) is 0 Å². The lowest BCUT2D eigenvalue weighted by Crippen LogP contribution is -2.26. The van der Waals surface area contributed by atoms with Gasteiger partial charge in [0.1, 0.15) is 5.69 Å². The van der Waals surface area contributed by atoms with Crippen molar-refractivity contribution >= 4 is 21.4 Å². The van der Waals surface area contributed by atoms with E-state index in [-0.39, 0.29) is 17.1 Å². The Morgan fingerprint density at radius 2 is 2.10 bits per heavy atom. The maximum absolute atomic E-state index is 12.2. The number of sulfonamides is 1. The lowest BCUT2D eigenvalue weighted by molar-refractivity contribution is -0.386. The first kappa shape index (κ1) is 17.3. The molecule has 1 rings (SSSR count). The third kappa shape index (κ3) is 4.66. The molecule has 2 N–H and O–H groups in total. The zero-order valence-corrected chi connectivity index (χ0v) is 12.8. The van der Waals surface area contributed by atoms with Crippen molar-refractivity contribution < 1.29 is 18.1 Å². The maximum atomic E-state index is 12.2. The molecule has 0 saturated carbocycles. The second kappa shape index (κ2) is 7.91. The molecule has 21 heavy (non-hydrogen) atoms. The Hall–Kier alpha value is -1.71. The summed E-state index contributed by atoms with van der Waals surface area (Å²) >= 11 is 0. The lowest BCUT2D eigenvalue weighted by atomic mass is 10.2. The van der Waals surface area contributed by atoms with E-state index in [4.69, 9.17) is 4.74 Å². The summed E-state index contributed by atoms with van der Waals surface area (Å²) < 4.78 is 31.5. The van der Waals surface area contributed by atoms with E-state index in [1.165, 1.54) is 25.3 Å². The Labute approximate surface area is 123 Å². The van der Waals surface area contributed by atoms with Gasteiger partial charge in [0.15, 0.2) is 4.90 Å². The predicted molar refractivity (Wildman–Crippen MR) is 78.9 cm³/mol. The molecule has 0 aliphatic heterocycles. The molecule has 0 saturated heterocycles. The topological polar surface area (TPSA) is 111 Å². The van der Waals surface area contributed by atoms with Crippen molar-refractivity contribution in [3.05, 3.63) is 28.3 Å². The Morgan fingerprint density at radius 3 is 2.67 bits per heavy atom. The minimum atomic E-state index is -3.94. The van der Waals surface area contributed by atoms with Gasteiger partial charge in [-0.2, -0.15) is 0 Å². The van der Waals surface area contributed by atoms with Crippen LogP contribution in [0.2, 0.25) is 0 Å². The molecule has 8 nitrogen and oxygen atoms in total. The highest BCUT2D eigenvalue weighted by Gasteiger charge is 2.28. The number of nitro benzene ring substituents is 1. The summed E-state index contributed by atoms with van der Waals surface area (Å²) in [5, 5.41) is 14.0. The number of nitrogens with zero attached hydrogens (tertiary/aromatic N) is 1. The second-order valence-corrected chi connectivity index (χ2v) is 5.92. The molecule has 0 atom stereocenters. The van der Waals surface area contributed by atoms with Gasteiger partial charge in [0.2, 0.25) is 10.0 Å². The van der Waals surface area contributed by atoms with Crippen molar-refractivity contribution in [2.24, 2.45) is 0 Å². The van der Waals surface area contributed by atoms with Crippen LogP contribution in [0.15, 0.2) is 23.1 Å². The van der Waals surface area contributed by atoms with Gasteiger partial charge in [0.25, 0.3) is 0 Å². The highest BCUT2D eigenvalue weighted by Crippen LogP contribution is 2.31. The predicted octanol–water partition coefficient (Wildman–Crippen LogP) is 1.34. The van der Waals surface area contributed by atoms with Crippen LogP contribution in [0, 0.1) is 10.1 Å². The molecule has 9 heteroatoms. The number of hydrogen-bond acceptors (Lipinski definition) is 6. The number of rotatable bonds is 9. The monoisotopic (exact) mass is 317 g/mol. The van der Waals surface area contributed by atoms with E-state index in [1.54, 1.807) is 6.92 Å². The SMILES string of the molecule is CCNc1cccc(S(=O)(=O)NCCCOC)c1[N+](=O)[O-]. The number of nitro groups is 1. The number of methoxy groups -OCH3 is 1. The summed E-state index contributed by atoms with van der Waals surface area (Å²) in [6, 6.07) is 4.16. The fraction of sp³-hybridized carbons (Fsp3) is 0.500. The van der Waals surface area contributed by atoms with Crippen molar-refractivity contribution in [1.82, 2.24) is 4.72 Å². The Balaban J connectivity index is 3.10. The Bertz CT molecular complexity index is 589. The molecule has 0 amide bonds. The van der Waals surface area contributed by atoms with Crippen LogP contribution in [0.25, 0.3) is 0 Å². The maximum Gasteiger partial charge on any atom is 0.312 e. The molecule has 0 heterocycles. The molecule has 0 unspecified atom stereocenters. The highest BCUT2D eigenvalue weighted by molar-refractivity contribution is 7.89. The van der Waals surface area contributed by atoms with Crippen LogP contribution >= 0.6 is 0 Å². The summed E-state index contributed by atoms with van der Waals surface area (Å²) in [7, 11) is -2.43. The molecule has 0 aromatic heterocycles. The second-order valence-electron chi connectivity index (χ2n) is 4.18. The van der Waals surface area contributed by atoms with Crippen molar-refractivity contribution in [3.8, 4) is 0 Å². The van der Waals surface area contributed by atoms with Gasteiger partial charge in [-0.3, -0.25) is 10.1 Å². The highest BCUT2D eigenvalue weighted by atomic mass is 32.2. The van der Waals surface area contributed by atoms with Gasteiger partial charge in [0, 0.05) is 26.8 Å². The van der Waals surface area contributed by atoms with Crippen LogP contribution in [0.4, 0.5) is 11.4 Å². The molecular formula is C12H19N3O5S. The smallest absolute Gasteiger partial charge is 0.312 e. The largest absolute Gasteiger partial charge is 0.385 e. The molecule has 0 radical (unpaired) electrons. The van der Waals surface area contributed by atoms with Crippen LogP contribution in [-0.4, -0.2) is 40.1 Å². The number of nitrogens with one attached hydrogen (secondary N) is 2. The summed E-state index contributed by atoms with van der Waals surface area (Å²) in [4.78, 5) is 10.2. The van der Waals surface area contributed by atoms with Gasteiger partial charge in [-0.1, -0.05) is 6.07 Å². The van der Waals surface area contributed by atoms with Crippen LogP contribution in [0.3, 0.4) is 0 Å². The number of ether oxygens (including phenoxy) is 1. The van der Waals surface area contributed by atoms with Crippen LogP contribution in [-0.2, 0) is 14.8 Å². The zero-order valence-electron chi connectivity index (χ0n) is 12.0. The summed E-state index contributed by atoms with van der Waals surface area (Å²) in [5.41, 5.74) is -0.263. The van der Waals surface area contributed by atoms with E-state index >= 15 is 0 Å². The third-order valence-corrected chi connectivity index (χ3v) is 4.15. The first-order valence-corrected chi connectivity index (χ1v) is 7.92. The van der Waals surface area contributed by atoms with E-state index < -0.39 is 20.6 Å². The number of benzene rings is 1. The first-order chi connectivity index (χ1) is 9.94. The fourth-order valence-electron chi connectivity index (χ4n) is 1.76. The average molecular weight is 317 g/mol. The zero-order chi connectivity index (χ0) is 15.9. The standard InChI is InChI=1S/C12H19N3O5S/c1-3-13-10-6-4-7-11(12(10)15(16)17)21(18,19)14-8-5-9-20-2/h4,6-7,13-14H,3,5,8-9H2,1-2H3. The molecule has 1 aromatic rings. The normalized spacial score (nSPS) is 11.3. The summed E-state index contributed by atoms with van der Waals surface area (Å²) in [5.74, 6) is 0. The van der Waals surface area contributed by atoms with Gasteiger partial charge >= 0.3 is 5.69 Å². The first-order valence-electron chi connectivity index (χ1n) is 6.44. The summed E-state index contributed by atoms with van der Waals surface area (Å²) in [6.45, 7) is 2.78. The lowest BCUT2D eigenvalue weighted by Gasteiger charge is -2.10. The molecule has 0 spiro atoms. The summed E-state index contributed by atoms with van der Waals surface area (Å²) in [6.07, 6.45) is 0.483. The quantitative estimate of drug-likeness (QED) is 0.404. The molecule has 0 aliphatic rings. The third-order valence-electron chi connectivity index (χ3n) is 2.66. The van der Waals surface area contributed by atoms with Crippen molar-refractivity contribution in [3.63, 3.8) is 0 Å². The molecule has 0 bridgehead atoms. The average Bonchev–Trinajstić information content (AvgIpc) is 2.43. The van der Waals surface area contributed by atoms with Crippen LogP contribution < -0.4 is 10.0 Å². The molecule has 0 fully saturated rings. The van der Waals surface area contributed by atoms with E-state index in [0.717, 1.165) is 0 Å². The Morgan fingerprint density at radius 1 is 1.38 bits per heavy atom.